The number of hydrogen-bond donors (Lipinski definition) is 2. The smallest absolute Gasteiger partial charge is 0.0715 e. The second-order valence-electron chi connectivity index (χ2n) is 6.80. The van der Waals surface area contributed by atoms with Gasteiger partial charge in [-0.15, -0.1) is 0 Å². The molecule has 3 N–H and O–H groups in total. The molecule has 1 unspecified atom stereocenters. The van der Waals surface area contributed by atoms with Gasteiger partial charge in [0.15, 0.2) is 0 Å². The zero-order valence-corrected chi connectivity index (χ0v) is 13.7. The third-order valence-electron chi connectivity index (χ3n) is 3.98. The molecule has 0 saturated carbocycles. The lowest BCUT2D eigenvalue weighted by Crippen LogP contribution is -2.31. The fourth-order valence-electron chi connectivity index (χ4n) is 2.93. The molecular formula is C19H26N2. The van der Waals surface area contributed by atoms with Gasteiger partial charge in [0, 0.05) is 0 Å². The third-order valence-corrected chi connectivity index (χ3v) is 3.98. The summed E-state index contributed by atoms with van der Waals surface area (Å²) in [6, 6.07) is 15.1. The molecular weight excluding hydrogens is 256 g/mol. The van der Waals surface area contributed by atoms with Gasteiger partial charge in [-0.3, -0.25) is 5.84 Å². The molecule has 0 spiro atoms. The van der Waals surface area contributed by atoms with Crippen molar-refractivity contribution in [2.45, 2.75) is 46.1 Å². The SMILES string of the molecule is Cc1ccc(C(NN)c2ccccc2C(C)(C)C)c(C)c1. The van der Waals surface area contributed by atoms with Gasteiger partial charge in [0.1, 0.15) is 0 Å². The average molecular weight is 282 g/mol. The van der Waals surface area contributed by atoms with Gasteiger partial charge in [0.25, 0.3) is 0 Å². The number of rotatable bonds is 3. The summed E-state index contributed by atoms with van der Waals surface area (Å²) in [5.41, 5.74) is 9.45. The van der Waals surface area contributed by atoms with Crippen molar-refractivity contribution in [1.82, 2.24) is 5.43 Å². The van der Waals surface area contributed by atoms with Crippen molar-refractivity contribution in [3.63, 3.8) is 0 Å². The number of nitrogens with two attached hydrogens (primary N) is 1. The number of hydrogen-bond acceptors (Lipinski definition) is 2. The average Bonchev–Trinajstić information content (AvgIpc) is 2.41. The Labute approximate surface area is 128 Å². The van der Waals surface area contributed by atoms with E-state index in [2.05, 4.69) is 82.5 Å². The van der Waals surface area contributed by atoms with E-state index in [4.69, 9.17) is 5.84 Å². The monoisotopic (exact) mass is 282 g/mol. The summed E-state index contributed by atoms with van der Waals surface area (Å²) in [4.78, 5) is 0. The van der Waals surface area contributed by atoms with Crippen LogP contribution in [0.15, 0.2) is 42.5 Å². The molecule has 112 valence electrons. The van der Waals surface area contributed by atoms with E-state index in [1.165, 1.54) is 27.8 Å². The summed E-state index contributed by atoms with van der Waals surface area (Å²) in [6.07, 6.45) is 0. The molecule has 0 amide bonds. The second-order valence-corrected chi connectivity index (χ2v) is 6.80. The first-order chi connectivity index (χ1) is 9.84. The highest BCUT2D eigenvalue weighted by Gasteiger charge is 2.23. The summed E-state index contributed by atoms with van der Waals surface area (Å²) in [5.74, 6) is 5.91. The molecule has 2 nitrogen and oxygen atoms in total. The minimum absolute atomic E-state index is 0.0148. The molecule has 2 aromatic carbocycles. The topological polar surface area (TPSA) is 38.0 Å². The Morgan fingerprint density at radius 2 is 1.62 bits per heavy atom. The molecule has 0 aliphatic rings. The molecule has 1 atom stereocenters. The lowest BCUT2D eigenvalue weighted by atomic mass is 9.80. The molecule has 0 aliphatic heterocycles. The fourth-order valence-corrected chi connectivity index (χ4v) is 2.93. The van der Waals surface area contributed by atoms with Gasteiger partial charge in [-0.25, -0.2) is 5.43 Å². The maximum absolute atomic E-state index is 5.91. The molecule has 0 radical (unpaired) electrons. The molecule has 2 rings (SSSR count). The van der Waals surface area contributed by atoms with Crippen LogP contribution in [-0.2, 0) is 5.41 Å². The lowest BCUT2D eigenvalue weighted by molar-refractivity contribution is 0.557. The summed E-state index contributed by atoms with van der Waals surface area (Å²) in [7, 11) is 0. The normalized spacial score (nSPS) is 13.2. The van der Waals surface area contributed by atoms with Crippen LogP contribution in [0.1, 0.15) is 54.6 Å². The van der Waals surface area contributed by atoms with Crippen LogP contribution < -0.4 is 11.3 Å². The van der Waals surface area contributed by atoms with Crippen molar-refractivity contribution in [3.8, 4) is 0 Å². The maximum atomic E-state index is 5.91. The van der Waals surface area contributed by atoms with Gasteiger partial charge in [-0.1, -0.05) is 68.8 Å². The molecule has 0 aliphatic carbocycles. The van der Waals surface area contributed by atoms with Gasteiger partial charge >= 0.3 is 0 Å². The Morgan fingerprint density at radius 3 is 2.19 bits per heavy atom. The molecule has 21 heavy (non-hydrogen) atoms. The van der Waals surface area contributed by atoms with Crippen LogP contribution in [0, 0.1) is 13.8 Å². The van der Waals surface area contributed by atoms with Crippen molar-refractivity contribution >= 4 is 0 Å². The van der Waals surface area contributed by atoms with Gasteiger partial charge < -0.3 is 0 Å². The summed E-state index contributed by atoms with van der Waals surface area (Å²) >= 11 is 0. The van der Waals surface area contributed by atoms with Crippen LogP contribution in [0.2, 0.25) is 0 Å². The summed E-state index contributed by atoms with van der Waals surface area (Å²) in [6.45, 7) is 11.0. The van der Waals surface area contributed by atoms with Crippen molar-refractivity contribution < 1.29 is 0 Å². The van der Waals surface area contributed by atoms with Crippen LogP contribution >= 0.6 is 0 Å². The fraction of sp³-hybridized carbons (Fsp3) is 0.368. The van der Waals surface area contributed by atoms with Gasteiger partial charge in [0.2, 0.25) is 0 Å². The van der Waals surface area contributed by atoms with Crippen molar-refractivity contribution in [2.24, 2.45) is 5.84 Å². The van der Waals surface area contributed by atoms with Crippen LogP contribution in [0.3, 0.4) is 0 Å². The third kappa shape index (κ3) is 3.34. The summed E-state index contributed by atoms with van der Waals surface area (Å²) in [5, 5.41) is 0. The molecule has 0 fully saturated rings. The Kier molecular flexibility index (Phi) is 4.50. The molecule has 0 saturated heterocycles. The predicted octanol–water partition coefficient (Wildman–Crippen LogP) is 4.15. The van der Waals surface area contributed by atoms with Crippen LogP contribution in [0.25, 0.3) is 0 Å². The Hall–Kier alpha value is -1.64. The van der Waals surface area contributed by atoms with Gasteiger partial charge in [-0.05, 0) is 41.5 Å². The van der Waals surface area contributed by atoms with Gasteiger partial charge in [0.05, 0.1) is 6.04 Å². The largest absolute Gasteiger partial charge is 0.271 e. The van der Waals surface area contributed by atoms with Crippen LogP contribution in [-0.4, -0.2) is 0 Å². The van der Waals surface area contributed by atoms with Crippen molar-refractivity contribution in [2.75, 3.05) is 0 Å². The van der Waals surface area contributed by atoms with Gasteiger partial charge in [-0.2, -0.15) is 0 Å². The Morgan fingerprint density at radius 1 is 0.952 bits per heavy atom. The second kappa shape index (κ2) is 6.00. The van der Waals surface area contributed by atoms with E-state index < -0.39 is 0 Å². The first kappa shape index (κ1) is 15.7. The molecule has 0 heterocycles. The molecule has 0 aromatic heterocycles. The Bertz CT molecular complexity index is 624. The first-order valence-corrected chi connectivity index (χ1v) is 7.47. The van der Waals surface area contributed by atoms with E-state index in [0.717, 1.165) is 0 Å². The van der Waals surface area contributed by atoms with Crippen LogP contribution in [0.5, 0.6) is 0 Å². The molecule has 2 aromatic rings. The van der Waals surface area contributed by atoms with E-state index in [9.17, 15) is 0 Å². The quantitative estimate of drug-likeness (QED) is 0.655. The van der Waals surface area contributed by atoms with E-state index in [1.54, 1.807) is 0 Å². The minimum Gasteiger partial charge on any atom is -0.271 e. The summed E-state index contributed by atoms with van der Waals surface area (Å²) < 4.78 is 0. The molecule has 2 heteroatoms. The highest BCUT2D eigenvalue weighted by molar-refractivity contribution is 5.43. The lowest BCUT2D eigenvalue weighted by Gasteiger charge is -2.28. The highest BCUT2D eigenvalue weighted by atomic mass is 15.2. The molecule has 0 bridgehead atoms. The standard InChI is InChI=1S/C19H26N2/c1-13-10-11-15(14(2)12-13)18(21-20)16-8-6-7-9-17(16)19(3,4)5/h6-12,18,21H,20H2,1-5H3. The minimum atomic E-state index is 0.0148. The van der Waals surface area contributed by atoms with E-state index in [0.29, 0.717) is 0 Å². The highest BCUT2D eigenvalue weighted by Crippen LogP contribution is 2.33. The number of nitrogens with one attached hydrogen (secondary N) is 1. The first-order valence-electron chi connectivity index (χ1n) is 7.47. The Balaban J connectivity index is 2.57. The number of aryl methyl sites for hydroxylation is 2. The van der Waals surface area contributed by atoms with Crippen molar-refractivity contribution in [3.05, 3.63) is 70.3 Å². The zero-order chi connectivity index (χ0) is 15.6. The van der Waals surface area contributed by atoms with E-state index in [-0.39, 0.29) is 11.5 Å². The van der Waals surface area contributed by atoms with Crippen molar-refractivity contribution in [1.29, 1.82) is 0 Å². The zero-order valence-electron chi connectivity index (χ0n) is 13.7. The van der Waals surface area contributed by atoms with E-state index >= 15 is 0 Å². The number of hydrazine groups is 1. The van der Waals surface area contributed by atoms with Crippen LogP contribution in [0.4, 0.5) is 0 Å². The van der Waals surface area contributed by atoms with E-state index in [1.807, 2.05) is 0 Å². The predicted molar refractivity (Wildman–Crippen MR) is 90.2 cm³/mol. The maximum Gasteiger partial charge on any atom is 0.0715 e. The number of benzene rings is 2.